The molecule has 0 unspecified atom stereocenters. The molecule has 0 aliphatic heterocycles. The van der Waals surface area contributed by atoms with E-state index in [9.17, 15) is 9.59 Å². The van der Waals surface area contributed by atoms with E-state index in [0.717, 1.165) is 11.1 Å². The van der Waals surface area contributed by atoms with Crippen molar-refractivity contribution < 1.29 is 9.53 Å². The fourth-order valence-corrected chi connectivity index (χ4v) is 3.74. The van der Waals surface area contributed by atoms with Crippen molar-refractivity contribution >= 4 is 17.6 Å². The molecule has 0 aliphatic carbocycles. The van der Waals surface area contributed by atoms with Gasteiger partial charge in [-0.05, 0) is 18.6 Å². The predicted octanol–water partition coefficient (Wildman–Crippen LogP) is 3.51. The minimum absolute atomic E-state index is 0.130. The Labute approximate surface area is 191 Å². The Bertz CT molecular complexity index is 1340. The summed E-state index contributed by atoms with van der Waals surface area (Å²) in [4.78, 5) is 36.9. The summed E-state index contributed by atoms with van der Waals surface area (Å²) >= 11 is 0. The third kappa shape index (κ3) is 4.50. The first kappa shape index (κ1) is 22.3. The van der Waals surface area contributed by atoms with Gasteiger partial charge in [0.2, 0.25) is 11.9 Å². The second-order valence-electron chi connectivity index (χ2n) is 8.22. The summed E-state index contributed by atoms with van der Waals surface area (Å²) < 4.78 is 6.76. The van der Waals surface area contributed by atoms with Crippen LogP contribution in [0.25, 0.3) is 5.78 Å². The SMILES string of the molecule is COc1ccccc1CN(C(=O)C(C)C)c1nc2nc(C)c(Cc3ccccc3)c(=O)n2[nH]1. The molecule has 0 aliphatic rings. The molecule has 0 fully saturated rings. The van der Waals surface area contributed by atoms with Crippen LogP contribution in [0.1, 0.15) is 36.2 Å². The van der Waals surface area contributed by atoms with Gasteiger partial charge < -0.3 is 4.74 Å². The highest BCUT2D eigenvalue weighted by atomic mass is 16.5. The van der Waals surface area contributed by atoms with Gasteiger partial charge in [-0.25, -0.2) is 4.98 Å². The number of H-pyrrole nitrogens is 1. The van der Waals surface area contributed by atoms with Crippen molar-refractivity contribution in [1.82, 2.24) is 19.6 Å². The van der Waals surface area contributed by atoms with Gasteiger partial charge in [0, 0.05) is 23.5 Å². The number of anilines is 1. The molecule has 8 heteroatoms. The van der Waals surface area contributed by atoms with Crippen LogP contribution in [0.15, 0.2) is 59.4 Å². The van der Waals surface area contributed by atoms with E-state index in [0.29, 0.717) is 23.4 Å². The molecule has 0 atom stereocenters. The Hall–Kier alpha value is -3.94. The summed E-state index contributed by atoms with van der Waals surface area (Å²) in [6.45, 7) is 5.70. The molecule has 0 radical (unpaired) electrons. The van der Waals surface area contributed by atoms with Crippen LogP contribution in [0.4, 0.5) is 5.95 Å². The molecule has 0 spiro atoms. The van der Waals surface area contributed by atoms with Crippen LogP contribution in [-0.2, 0) is 17.8 Å². The number of carbonyl (C=O) groups is 1. The third-order valence-electron chi connectivity index (χ3n) is 5.54. The van der Waals surface area contributed by atoms with E-state index in [2.05, 4.69) is 15.1 Å². The number of methoxy groups -OCH3 is 1. The number of aryl methyl sites for hydroxylation is 1. The van der Waals surface area contributed by atoms with Gasteiger partial charge in [-0.2, -0.15) is 9.50 Å². The maximum Gasteiger partial charge on any atom is 0.277 e. The number of ether oxygens (including phenoxy) is 1. The highest BCUT2D eigenvalue weighted by Gasteiger charge is 2.25. The van der Waals surface area contributed by atoms with Gasteiger partial charge in [0.1, 0.15) is 5.75 Å². The van der Waals surface area contributed by atoms with Crippen LogP contribution in [0.3, 0.4) is 0 Å². The monoisotopic (exact) mass is 445 g/mol. The number of nitrogens with one attached hydrogen (secondary N) is 1. The molecule has 170 valence electrons. The molecule has 0 bridgehead atoms. The normalized spacial score (nSPS) is 11.2. The maximum atomic E-state index is 13.3. The Morgan fingerprint density at radius 1 is 1.09 bits per heavy atom. The van der Waals surface area contributed by atoms with Gasteiger partial charge in [-0.3, -0.25) is 19.6 Å². The number of carbonyl (C=O) groups excluding carboxylic acids is 1. The van der Waals surface area contributed by atoms with Crippen molar-refractivity contribution in [3.63, 3.8) is 0 Å². The Morgan fingerprint density at radius 2 is 1.79 bits per heavy atom. The molecule has 1 N–H and O–H groups in total. The fourth-order valence-electron chi connectivity index (χ4n) is 3.74. The van der Waals surface area contributed by atoms with E-state index in [4.69, 9.17) is 4.74 Å². The lowest BCUT2D eigenvalue weighted by molar-refractivity contribution is -0.121. The molecule has 33 heavy (non-hydrogen) atoms. The largest absolute Gasteiger partial charge is 0.496 e. The average Bonchev–Trinajstić information content (AvgIpc) is 3.24. The van der Waals surface area contributed by atoms with Gasteiger partial charge in [0.05, 0.1) is 19.3 Å². The number of rotatable bonds is 7. The number of amides is 1. The molecule has 0 saturated carbocycles. The molecule has 4 rings (SSSR count). The second-order valence-corrected chi connectivity index (χ2v) is 8.22. The molecule has 8 nitrogen and oxygen atoms in total. The van der Waals surface area contributed by atoms with Gasteiger partial charge in [-0.1, -0.05) is 62.4 Å². The second kappa shape index (κ2) is 9.28. The van der Waals surface area contributed by atoms with Crippen molar-refractivity contribution in [2.24, 2.45) is 5.92 Å². The van der Waals surface area contributed by atoms with Crippen LogP contribution < -0.4 is 15.2 Å². The fraction of sp³-hybridized carbons (Fsp3) is 0.280. The molecule has 2 heterocycles. The van der Waals surface area contributed by atoms with Gasteiger partial charge in [-0.15, -0.1) is 0 Å². The van der Waals surface area contributed by atoms with Crippen LogP contribution in [-0.4, -0.2) is 32.6 Å². The summed E-state index contributed by atoms with van der Waals surface area (Å²) in [5.74, 6) is 0.764. The summed E-state index contributed by atoms with van der Waals surface area (Å²) in [5.41, 5.74) is 2.82. The lowest BCUT2D eigenvalue weighted by atomic mass is 10.1. The van der Waals surface area contributed by atoms with E-state index in [1.165, 1.54) is 9.42 Å². The first-order valence-electron chi connectivity index (χ1n) is 10.8. The highest BCUT2D eigenvalue weighted by Crippen LogP contribution is 2.23. The first-order chi connectivity index (χ1) is 15.9. The molecular weight excluding hydrogens is 418 g/mol. The van der Waals surface area contributed by atoms with E-state index in [1.54, 1.807) is 14.0 Å². The van der Waals surface area contributed by atoms with Crippen LogP contribution in [0.2, 0.25) is 0 Å². The van der Waals surface area contributed by atoms with Crippen LogP contribution in [0.5, 0.6) is 5.75 Å². The predicted molar refractivity (Wildman–Crippen MR) is 127 cm³/mol. The average molecular weight is 446 g/mol. The Balaban J connectivity index is 1.77. The van der Waals surface area contributed by atoms with E-state index >= 15 is 0 Å². The Morgan fingerprint density at radius 3 is 2.48 bits per heavy atom. The van der Waals surface area contributed by atoms with Crippen molar-refractivity contribution in [2.45, 2.75) is 33.7 Å². The first-order valence-corrected chi connectivity index (χ1v) is 10.8. The van der Waals surface area contributed by atoms with Gasteiger partial charge in [0.25, 0.3) is 11.3 Å². The van der Waals surface area contributed by atoms with Crippen molar-refractivity contribution in [1.29, 1.82) is 0 Å². The number of benzene rings is 2. The quantitative estimate of drug-likeness (QED) is 0.470. The molecule has 0 saturated heterocycles. The number of nitrogens with zero attached hydrogens (tertiary/aromatic N) is 4. The van der Waals surface area contributed by atoms with E-state index in [1.807, 2.05) is 68.4 Å². The molecule has 2 aromatic heterocycles. The number of hydrogen-bond donors (Lipinski definition) is 1. The summed E-state index contributed by atoms with van der Waals surface area (Å²) in [6.07, 6.45) is 0.464. The summed E-state index contributed by atoms with van der Waals surface area (Å²) in [5, 5.41) is 3.01. The van der Waals surface area contributed by atoms with E-state index < -0.39 is 0 Å². The topological polar surface area (TPSA) is 92.6 Å². The minimum atomic E-state index is -0.270. The molecule has 4 aromatic rings. The van der Waals surface area contributed by atoms with Gasteiger partial charge in [0.15, 0.2) is 0 Å². The third-order valence-corrected chi connectivity index (χ3v) is 5.54. The van der Waals surface area contributed by atoms with Crippen molar-refractivity contribution in [3.05, 3.63) is 87.3 Å². The lowest BCUT2D eigenvalue weighted by Gasteiger charge is -2.22. The minimum Gasteiger partial charge on any atom is -0.496 e. The number of para-hydroxylation sites is 1. The molecular formula is C25H27N5O3. The summed E-state index contributed by atoms with van der Waals surface area (Å²) in [6, 6.07) is 17.3. The maximum absolute atomic E-state index is 13.3. The standard InChI is InChI=1S/C25H27N5O3/c1-16(2)22(31)29(15-19-12-8-9-13-21(19)33-4)25-27-24-26-17(3)20(23(32)30(24)28-25)14-18-10-6-5-7-11-18/h5-13,16H,14-15H2,1-4H3,(H,26,27,28). The zero-order valence-electron chi connectivity index (χ0n) is 19.2. The zero-order chi connectivity index (χ0) is 23.5. The zero-order valence-corrected chi connectivity index (χ0v) is 19.2. The number of aromatic nitrogens is 4. The number of aromatic amines is 1. The van der Waals surface area contributed by atoms with E-state index in [-0.39, 0.29) is 35.7 Å². The smallest absolute Gasteiger partial charge is 0.277 e. The lowest BCUT2D eigenvalue weighted by Crippen LogP contribution is -2.35. The van der Waals surface area contributed by atoms with Crippen LogP contribution >= 0.6 is 0 Å². The number of hydrogen-bond acceptors (Lipinski definition) is 5. The van der Waals surface area contributed by atoms with Crippen molar-refractivity contribution in [3.8, 4) is 5.75 Å². The van der Waals surface area contributed by atoms with Crippen LogP contribution in [0, 0.1) is 12.8 Å². The number of fused-ring (bicyclic) bond motifs is 1. The van der Waals surface area contributed by atoms with Crippen molar-refractivity contribution in [2.75, 3.05) is 12.0 Å². The highest BCUT2D eigenvalue weighted by molar-refractivity contribution is 5.93. The van der Waals surface area contributed by atoms with Gasteiger partial charge >= 0.3 is 0 Å². The molecule has 1 amide bonds. The Kier molecular flexibility index (Phi) is 6.26. The molecule has 2 aromatic carbocycles. The summed E-state index contributed by atoms with van der Waals surface area (Å²) in [7, 11) is 1.59.